The molecule has 0 saturated carbocycles. The second-order valence-corrected chi connectivity index (χ2v) is 1.56. The Balaban J connectivity index is 2.83. The summed E-state index contributed by atoms with van der Waals surface area (Å²) in [6.07, 6.45) is -0.0501. The lowest BCUT2D eigenvalue weighted by Crippen LogP contribution is -2.18. The maximum absolute atomic E-state index is 12.1. The van der Waals surface area contributed by atoms with Crippen molar-refractivity contribution in [3.8, 4) is 0 Å². The Morgan fingerprint density at radius 2 is 2.29 bits per heavy atom. The van der Waals surface area contributed by atoms with Gasteiger partial charge in [0.15, 0.2) is 0 Å². The normalized spacial score (nSPS) is 14.1. The van der Waals surface area contributed by atoms with Gasteiger partial charge in [-0.05, 0) is 13.5 Å². The van der Waals surface area contributed by atoms with Crippen molar-refractivity contribution in [1.82, 2.24) is 5.32 Å². The van der Waals surface area contributed by atoms with Crippen LogP contribution < -0.4 is 5.32 Å². The highest BCUT2D eigenvalue weighted by atomic mass is 19.1. The average molecular weight is 105 g/mol. The molecule has 0 unspecified atom stereocenters. The van der Waals surface area contributed by atoms with E-state index < -0.39 is 6.17 Å². The summed E-state index contributed by atoms with van der Waals surface area (Å²) in [5, 5.41) is 2.74. The van der Waals surface area contributed by atoms with Crippen molar-refractivity contribution < 1.29 is 4.39 Å². The lowest BCUT2D eigenvalue weighted by atomic mass is 10.3. The molecule has 7 heavy (non-hydrogen) atoms. The van der Waals surface area contributed by atoms with E-state index in [9.17, 15) is 4.39 Å². The minimum Gasteiger partial charge on any atom is -0.317 e. The fourth-order valence-corrected chi connectivity index (χ4v) is 0.366. The zero-order chi connectivity index (χ0) is 5.70. The van der Waals surface area contributed by atoms with E-state index in [1.807, 2.05) is 6.92 Å². The Hall–Kier alpha value is -0.110. The molecule has 0 bridgehead atoms. The van der Waals surface area contributed by atoms with E-state index in [4.69, 9.17) is 0 Å². The van der Waals surface area contributed by atoms with Crippen molar-refractivity contribution in [3.05, 3.63) is 0 Å². The first-order valence-electron chi connectivity index (χ1n) is 2.60. The Morgan fingerprint density at radius 3 is 2.43 bits per heavy atom. The summed E-state index contributed by atoms with van der Waals surface area (Å²) in [5.41, 5.74) is 0. The molecule has 44 valence electrons. The van der Waals surface area contributed by atoms with E-state index in [1.165, 1.54) is 0 Å². The summed E-state index contributed by atoms with van der Waals surface area (Å²) < 4.78 is 12.1. The van der Waals surface area contributed by atoms with Crippen LogP contribution in [-0.2, 0) is 0 Å². The second kappa shape index (κ2) is 4.06. The molecule has 0 heterocycles. The molecule has 0 spiro atoms. The first-order chi connectivity index (χ1) is 3.31. The van der Waals surface area contributed by atoms with Crippen LogP contribution in [0.25, 0.3) is 0 Å². The van der Waals surface area contributed by atoms with Gasteiger partial charge < -0.3 is 5.32 Å². The average Bonchev–Trinajstić information content (AvgIpc) is 1.68. The molecular weight excluding hydrogens is 93.1 g/mol. The number of halogens is 1. The SMILES string of the molecule is CC[C@@H](F)CNC. The second-order valence-electron chi connectivity index (χ2n) is 1.56. The van der Waals surface area contributed by atoms with Crippen molar-refractivity contribution in [2.75, 3.05) is 13.6 Å². The molecule has 0 amide bonds. The van der Waals surface area contributed by atoms with Crippen LogP contribution in [0.1, 0.15) is 13.3 Å². The van der Waals surface area contributed by atoms with Crippen LogP contribution >= 0.6 is 0 Å². The smallest absolute Gasteiger partial charge is 0.112 e. The molecule has 0 aromatic rings. The number of nitrogens with one attached hydrogen (secondary N) is 1. The van der Waals surface area contributed by atoms with E-state index in [2.05, 4.69) is 5.32 Å². The van der Waals surface area contributed by atoms with Gasteiger partial charge in [0.1, 0.15) is 6.17 Å². The van der Waals surface area contributed by atoms with Crippen LogP contribution in [-0.4, -0.2) is 19.8 Å². The topological polar surface area (TPSA) is 12.0 Å². The minimum atomic E-state index is -0.662. The van der Waals surface area contributed by atoms with Crippen LogP contribution in [0.2, 0.25) is 0 Å². The molecule has 0 aromatic heterocycles. The van der Waals surface area contributed by atoms with Crippen LogP contribution in [0.5, 0.6) is 0 Å². The van der Waals surface area contributed by atoms with Crippen LogP contribution in [0.15, 0.2) is 0 Å². The maximum Gasteiger partial charge on any atom is 0.112 e. The summed E-state index contributed by atoms with van der Waals surface area (Å²) in [4.78, 5) is 0. The molecule has 0 aliphatic rings. The van der Waals surface area contributed by atoms with Gasteiger partial charge in [-0.25, -0.2) is 4.39 Å². The molecule has 0 aromatic carbocycles. The Bertz CT molecular complexity index is 39.1. The summed E-state index contributed by atoms with van der Waals surface area (Å²) in [5.74, 6) is 0. The molecule has 1 atom stereocenters. The first-order valence-corrected chi connectivity index (χ1v) is 2.60. The largest absolute Gasteiger partial charge is 0.317 e. The van der Waals surface area contributed by atoms with Gasteiger partial charge in [-0.3, -0.25) is 0 Å². The van der Waals surface area contributed by atoms with Gasteiger partial charge in [-0.1, -0.05) is 6.92 Å². The van der Waals surface area contributed by atoms with Gasteiger partial charge in [0.25, 0.3) is 0 Å². The molecule has 0 fully saturated rings. The van der Waals surface area contributed by atoms with Crippen LogP contribution in [0, 0.1) is 0 Å². The molecule has 0 aliphatic heterocycles. The standard InChI is InChI=1S/C5H12FN/c1-3-5(6)4-7-2/h5,7H,3-4H2,1-2H3/t5-/m1/s1. The molecule has 1 nitrogen and oxygen atoms in total. The molecule has 0 saturated heterocycles. The maximum atomic E-state index is 12.1. The molecular formula is C5H12FN. The number of rotatable bonds is 3. The van der Waals surface area contributed by atoms with E-state index in [-0.39, 0.29) is 0 Å². The minimum absolute atomic E-state index is 0.483. The van der Waals surface area contributed by atoms with E-state index >= 15 is 0 Å². The predicted octanol–water partition coefficient (Wildman–Crippen LogP) is 0.954. The zero-order valence-corrected chi connectivity index (χ0v) is 4.87. The van der Waals surface area contributed by atoms with Gasteiger partial charge in [0.2, 0.25) is 0 Å². The summed E-state index contributed by atoms with van der Waals surface area (Å²) in [6, 6.07) is 0. The Kier molecular flexibility index (Phi) is 4.00. The predicted molar refractivity (Wildman–Crippen MR) is 29.1 cm³/mol. The monoisotopic (exact) mass is 105 g/mol. The lowest BCUT2D eigenvalue weighted by Gasteiger charge is -2.00. The summed E-state index contributed by atoms with van der Waals surface area (Å²) >= 11 is 0. The van der Waals surface area contributed by atoms with E-state index in [1.54, 1.807) is 7.05 Å². The highest BCUT2D eigenvalue weighted by molar-refractivity contribution is 4.52. The molecule has 2 heteroatoms. The van der Waals surface area contributed by atoms with E-state index in [0.29, 0.717) is 13.0 Å². The van der Waals surface area contributed by atoms with Gasteiger partial charge in [-0.15, -0.1) is 0 Å². The third kappa shape index (κ3) is 3.73. The van der Waals surface area contributed by atoms with Crippen molar-refractivity contribution in [1.29, 1.82) is 0 Å². The summed E-state index contributed by atoms with van der Waals surface area (Å²) in [7, 11) is 1.75. The van der Waals surface area contributed by atoms with Gasteiger partial charge in [0.05, 0.1) is 0 Å². The van der Waals surface area contributed by atoms with Crippen molar-refractivity contribution in [2.24, 2.45) is 0 Å². The van der Waals surface area contributed by atoms with E-state index in [0.717, 1.165) is 0 Å². The Morgan fingerprint density at radius 1 is 1.71 bits per heavy atom. The fourth-order valence-electron chi connectivity index (χ4n) is 0.366. The van der Waals surface area contributed by atoms with Gasteiger partial charge >= 0.3 is 0 Å². The summed E-state index contributed by atoms with van der Waals surface area (Å²) in [6.45, 7) is 2.32. The quantitative estimate of drug-likeness (QED) is 0.563. The first kappa shape index (κ1) is 6.89. The van der Waals surface area contributed by atoms with Crippen molar-refractivity contribution in [3.63, 3.8) is 0 Å². The number of hydrogen-bond donors (Lipinski definition) is 1. The highest BCUT2D eigenvalue weighted by Crippen LogP contribution is 1.91. The van der Waals surface area contributed by atoms with Crippen molar-refractivity contribution in [2.45, 2.75) is 19.5 Å². The molecule has 0 aliphatic carbocycles. The number of hydrogen-bond acceptors (Lipinski definition) is 1. The molecule has 1 N–H and O–H groups in total. The van der Waals surface area contributed by atoms with Gasteiger partial charge in [-0.2, -0.15) is 0 Å². The lowest BCUT2D eigenvalue weighted by molar-refractivity contribution is 0.317. The molecule has 0 radical (unpaired) electrons. The van der Waals surface area contributed by atoms with Crippen LogP contribution in [0.3, 0.4) is 0 Å². The zero-order valence-electron chi connectivity index (χ0n) is 4.87. The third-order valence-corrected chi connectivity index (χ3v) is 0.869. The van der Waals surface area contributed by atoms with Crippen molar-refractivity contribution >= 4 is 0 Å². The van der Waals surface area contributed by atoms with Gasteiger partial charge in [0, 0.05) is 6.54 Å². The fraction of sp³-hybridized carbons (Fsp3) is 1.00. The third-order valence-electron chi connectivity index (χ3n) is 0.869. The highest BCUT2D eigenvalue weighted by Gasteiger charge is 1.97. The Labute approximate surface area is 43.9 Å². The molecule has 0 rings (SSSR count). The van der Waals surface area contributed by atoms with Crippen LogP contribution in [0.4, 0.5) is 4.39 Å². The number of alkyl halides is 1.